The highest BCUT2D eigenvalue weighted by Crippen LogP contribution is 2.22. The van der Waals surface area contributed by atoms with Gasteiger partial charge in [-0.05, 0) is 44.1 Å². The van der Waals surface area contributed by atoms with Crippen LogP contribution < -0.4 is 10.5 Å². The zero-order valence-electron chi connectivity index (χ0n) is 10.3. The van der Waals surface area contributed by atoms with Crippen LogP contribution in [0.15, 0.2) is 18.2 Å². The minimum Gasteiger partial charge on any atom is -0.490 e. The molecule has 0 saturated carbocycles. The van der Waals surface area contributed by atoms with Crippen LogP contribution in [0, 0.1) is 0 Å². The Bertz CT molecular complexity index is 428. The van der Waals surface area contributed by atoms with Crippen LogP contribution in [0.25, 0.3) is 0 Å². The second kappa shape index (κ2) is 5.73. The molecule has 5 heteroatoms. The summed E-state index contributed by atoms with van der Waals surface area (Å²) >= 11 is 0. The number of carbonyl (C=O) groups is 1. The van der Waals surface area contributed by atoms with Gasteiger partial charge in [-0.3, -0.25) is 4.90 Å². The lowest BCUT2D eigenvalue weighted by atomic mass is 10.2. The molecule has 1 aromatic rings. The molecule has 0 unspecified atom stereocenters. The molecule has 1 fully saturated rings. The van der Waals surface area contributed by atoms with E-state index in [2.05, 4.69) is 4.90 Å². The van der Waals surface area contributed by atoms with Crippen molar-refractivity contribution in [2.75, 3.05) is 32.0 Å². The van der Waals surface area contributed by atoms with Gasteiger partial charge in [0, 0.05) is 6.54 Å². The van der Waals surface area contributed by atoms with Crippen molar-refractivity contribution in [3.8, 4) is 5.75 Å². The largest absolute Gasteiger partial charge is 0.490 e. The molecule has 98 valence electrons. The van der Waals surface area contributed by atoms with Gasteiger partial charge in [-0.25, -0.2) is 4.79 Å². The number of likely N-dealkylation sites (tertiary alicyclic amines) is 1. The Hall–Kier alpha value is -1.75. The molecule has 0 radical (unpaired) electrons. The fourth-order valence-corrected chi connectivity index (χ4v) is 2.10. The van der Waals surface area contributed by atoms with Gasteiger partial charge in [-0.2, -0.15) is 0 Å². The maximum Gasteiger partial charge on any atom is 0.335 e. The minimum absolute atomic E-state index is 0.180. The quantitative estimate of drug-likeness (QED) is 0.773. The number of benzene rings is 1. The van der Waals surface area contributed by atoms with Gasteiger partial charge in [0.25, 0.3) is 0 Å². The predicted octanol–water partition coefficient (Wildman–Crippen LogP) is 1.44. The maximum absolute atomic E-state index is 10.7. The highest BCUT2D eigenvalue weighted by molar-refractivity contribution is 5.89. The Morgan fingerprint density at radius 3 is 2.72 bits per heavy atom. The molecule has 0 bridgehead atoms. The van der Waals surface area contributed by atoms with Gasteiger partial charge in [-0.1, -0.05) is 0 Å². The van der Waals surface area contributed by atoms with Crippen LogP contribution in [0.3, 0.4) is 0 Å². The molecule has 5 nitrogen and oxygen atoms in total. The number of nitrogens with zero attached hydrogens (tertiary/aromatic N) is 1. The second-order valence-electron chi connectivity index (χ2n) is 4.45. The number of rotatable bonds is 5. The Kier molecular flexibility index (Phi) is 4.04. The van der Waals surface area contributed by atoms with E-state index in [-0.39, 0.29) is 5.56 Å². The summed E-state index contributed by atoms with van der Waals surface area (Å²) in [7, 11) is 0. The second-order valence-corrected chi connectivity index (χ2v) is 4.45. The average molecular weight is 250 g/mol. The molecule has 0 amide bonds. The number of ether oxygens (including phenoxy) is 1. The Labute approximate surface area is 106 Å². The Morgan fingerprint density at radius 2 is 2.11 bits per heavy atom. The highest BCUT2D eigenvalue weighted by atomic mass is 16.5. The lowest BCUT2D eigenvalue weighted by molar-refractivity contribution is 0.0697. The van der Waals surface area contributed by atoms with Gasteiger partial charge < -0.3 is 15.6 Å². The van der Waals surface area contributed by atoms with Crippen molar-refractivity contribution < 1.29 is 14.6 Å². The molecule has 0 atom stereocenters. The number of anilines is 1. The third-order valence-corrected chi connectivity index (χ3v) is 3.12. The SMILES string of the molecule is Nc1cc(C(=O)O)ccc1OCCN1CCCC1. The van der Waals surface area contributed by atoms with E-state index in [0.717, 1.165) is 19.6 Å². The molecule has 1 saturated heterocycles. The summed E-state index contributed by atoms with van der Waals surface area (Å²) in [6.45, 7) is 3.74. The van der Waals surface area contributed by atoms with Crippen molar-refractivity contribution in [3.05, 3.63) is 23.8 Å². The standard InChI is InChI=1S/C13H18N2O3/c14-11-9-10(13(16)17)3-4-12(11)18-8-7-15-5-1-2-6-15/h3-4,9H,1-2,5-8,14H2,(H,16,17). The van der Waals surface area contributed by atoms with Gasteiger partial charge in [-0.15, -0.1) is 0 Å². The van der Waals surface area contributed by atoms with Crippen LogP contribution in [0.4, 0.5) is 5.69 Å². The van der Waals surface area contributed by atoms with Gasteiger partial charge in [0.1, 0.15) is 12.4 Å². The van der Waals surface area contributed by atoms with Crippen molar-refractivity contribution in [2.45, 2.75) is 12.8 Å². The monoisotopic (exact) mass is 250 g/mol. The number of hydrogen-bond acceptors (Lipinski definition) is 4. The fourth-order valence-electron chi connectivity index (χ4n) is 2.10. The molecule has 1 heterocycles. The highest BCUT2D eigenvalue weighted by Gasteiger charge is 2.11. The summed E-state index contributed by atoms with van der Waals surface area (Å²) < 4.78 is 5.57. The van der Waals surface area contributed by atoms with Gasteiger partial charge in [0.15, 0.2) is 0 Å². The van der Waals surface area contributed by atoms with Crippen LogP contribution in [0.1, 0.15) is 23.2 Å². The van der Waals surface area contributed by atoms with E-state index < -0.39 is 5.97 Å². The summed E-state index contributed by atoms with van der Waals surface area (Å²) in [4.78, 5) is 13.1. The van der Waals surface area contributed by atoms with E-state index in [1.807, 2.05) is 0 Å². The first-order chi connectivity index (χ1) is 8.66. The van der Waals surface area contributed by atoms with Crippen molar-refractivity contribution in [1.82, 2.24) is 4.90 Å². The molecular weight excluding hydrogens is 232 g/mol. The molecule has 18 heavy (non-hydrogen) atoms. The first kappa shape index (κ1) is 12.7. The predicted molar refractivity (Wildman–Crippen MR) is 69.0 cm³/mol. The van der Waals surface area contributed by atoms with Crippen molar-refractivity contribution in [3.63, 3.8) is 0 Å². The lowest BCUT2D eigenvalue weighted by Gasteiger charge is -2.15. The van der Waals surface area contributed by atoms with Gasteiger partial charge in [0.2, 0.25) is 0 Å². The lowest BCUT2D eigenvalue weighted by Crippen LogP contribution is -2.25. The number of nitrogen functional groups attached to an aromatic ring is 1. The van der Waals surface area contributed by atoms with Crippen LogP contribution in [-0.2, 0) is 0 Å². The van der Waals surface area contributed by atoms with E-state index in [9.17, 15) is 4.79 Å². The topological polar surface area (TPSA) is 75.8 Å². The smallest absolute Gasteiger partial charge is 0.335 e. The molecule has 0 aromatic heterocycles. The van der Waals surface area contributed by atoms with Crippen molar-refractivity contribution >= 4 is 11.7 Å². The summed E-state index contributed by atoms with van der Waals surface area (Å²) in [6.07, 6.45) is 2.52. The zero-order chi connectivity index (χ0) is 13.0. The minimum atomic E-state index is -0.981. The summed E-state index contributed by atoms with van der Waals surface area (Å²) in [5.41, 5.74) is 6.30. The number of nitrogens with two attached hydrogens (primary N) is 1. The molecule has 1 aliphatic heterocycles. The van der Waals surface area contributed by atoms with E-state index in [4.69, 9.17) is 15.6 Å². The number of carboxylic acids is 1. The molecule has 2 rings (SSSR count). The first-order valence-electron chi connectivity index (χ1n) is 6.15. The Balaban J connectivity index is 1.87. The molecule has 3 N–H and O–H groups in total. The van der Waals surface area contributed by atoms with E-state index >= 15 is 0 Å². The normalized spacial score (nSPS) is 15.8. The molecule has 1 aromatic carbocycles. The number of hydrogen-bond donors (Lipinski definition) is 2. The third kappa shape index (κ3) is 3.13. The number of carboxylic acid groups (broad SMARTS) is 1. The van der Waals surface area contributed by atoms with E-state index in [1.54, 1.807) is 6.07 Å². The molecular formula is C13H18N2O3. The summed E-state index contributed by atoms with van der Waals surface area (Å²) in [5, 5.41) is 8.82. The van der Waals surface area contributed by atoms with E-state index in [1.165, 1.54) is 25.0 Å². The molecule has 0 aliphatic carbocycles. The van der Waals surface area contributed by atoms with Crippen molar-refractivity contribution in [2.24, 2.45) is 0 Å². The van der Waals surface area contributed by atoms with Crippen LogP contribution >= 0.6 is 0 Å². The number of aromatic carboxylic acids is 1. The van der Waals surface area contributed by atoms with Gasteiger partial charge >= 0.3 is 5.97 Å². The molecule has 1 aliphatic rings. The van der Waals surface area contributed by atoms with Gasteiger partial charge in [0.05, 0.1) is 11.3 Å². The summed E-state index contributed by atoms with van der Waals surface area (Å²) in [5.74, 6) is -0.426. The zero-order valence-corrected chi connectivity index (χ0v) is 10.3. The van der Waals surface area contributed by atoms with Crippen molar-refractivity contribution in [1.29, 1.82) is 0 Å². The van der Waals surface area contributed by atoms with Crippen LogP contribution in [-0.4, -0.2) is 42.2 Å². The van der Waals surface area contributed by atoms with E-state index in [0.29, 0.717) is 18.0 Å². The third-order valence-electron chi connectivity index (χ3n) is 3.12. The van der Waals surface area contributed by atoms with Crippen LogP contribution in [0.5, 0.6) is 5.75 Å². The maximum atomic E-state index is 10.7. The Morgan fingerprint density at radius 1 is 1.39 bits per heavy atom. The summed E-state index contributed by atoms with van der Waals surface area (Å²) in [6, 6.07) is 4.54. The fraction of sp³-hybridized carbons (Fsp3) is 0.462. The molecule has 0 spiro atoms. The first-order valence-corrected chi connectivity index (χ1v) is 6.15. The average Bonchev–Trinajstić information content (AvgIpc) is 2.84. The van der Waals surface area contributed by atoms with Crippen LogP contribution in [0.2, 0.25) is 0 Å².